The van der Waals surface area contributed by atoms with Crippen molar-refractivity contribution in [3.05, 3.63) is 0 Å². The molecule has 8 heteroatoms. The molecule has 0 amide bonds. The fraction of sp³-hybridized carbons (Fsp3) is 0.833. The lowest BCUT2D eigenvalue weighted by Gasteiger charge is -2.47. The predicted octanol–water partition coefficient (Wildman–Crippen LogP) is 1.22. The van der Waals surface area contributed by atoms with Gasteiger partial charge in [-0.3, -0.25) is 9.59 Å². The second kappa shape index (κ2) is 9.43. The third-order valence-corrected chi connectivity index (χ3v) is 5.24. The van der Waals surface area contributed by atoms with E-state index in [1.165, 1.54) is 6.92 Å². The maximum atomic E-state index is 11.6. The molecule has 1 saturated heterocycles. The Bertz CT molecular complexity index is 519. The van der Waals surface area contributed by atoms with Gasteiger partial charge in [0.15, 0.2) is 0 Å². The van der Waals surface area contributed by atoms with Crippen LogP contribution in [0.1, 0.15) is 59.3 Å². The van der Waals surface area contributed by atoms with Crippen molar-refractivity contribution in [1.82, 2.24) is 0 Å². The van der Waals surface area contributed by atoms with Crippen molar-refractivity contribution in [2.24, 2.45) is 11.8 Å². The third-order valence-electron chi connectivity index (χ3n) is 5.24. The lowest BCUT2D eigenvalue weighted by molar-refractivity contribution is -0.237. The summed E-state index contributed by atoms with van der Waals surface area (Å²) in [6, 6.07) is 0. The molecule has 0 aromatic rings. The monoisotopic (exact) mass is 374 g/mol. The number of carbonyl (C=O) groups excluding carboxylic acids is 1. The highest BCUT2D eigenvalue weighted by Crippen LogP contribution is 2.39. The van der Waals surface area contributed by atoms with Gasteiger partial charge in [0.25, 0.3) is 0 Å². The van der Waals surface area contributed by atoms with Gasteiger partial charge in [-0.05, 0) is 45.4 Å². The number of aliphatic carboxylic acids is 2. The van der Waals surface area contributed by atoms with Crippen LogP contribution < -0.4 is 0 Å². The van der Waals surface area contributed by atoms with Crippen molar-refractivity contribution >= 4 is 17.7 Å². The molecule has 0 aromatic heterocycles. The van der Waals surface area contributed by atoms with Gasteiger partial charge in [0, 0.05) is 12.8 Å². The predicted molar refractivity (Wildman–Crippen MR) is 91.6 cm³/mol. The summed E-state index contributed by atoms with van der Waals surface area (Å²) in [6.45, 7) is 4.78. The van der Waals surface area contributed by atoms with Gasteiger partial charge in [-0.15, -0.1) is 0 Å². The van der Waals surface area contributed by atoms with Gasteiger partial charge in [0.05, 0.1) is 29.8 Å². The summed E-state index contributed by atoms with van der Waals surface area (Å²) in [6.07, 6.45) is -2.13. The van der Waals surface area contributed by atoms with Crippen LogP contribution in [0.5, 0.6) is 0 Å². The molecule has 26 heavy (non-hydrogen) atoms. The zero-order chi connectivity index (χ0) is 20.1. The number of Topliss-reactive ketones (excluding diaryl/α,β-unsaturated/α-hetero) is 1. The van der Waals surface area contributed by atoms with Crippen molar-refractivity contribution in [2.45, 2.75) is 83.2 Å². The van der Waals surface area contributed by atoms with Crippen molar-refractivity contribution < 1.29 is 39.5 Å². The summed E-state index contributed by atoms with van der Waals surface area (Å²) in [7, 11) is 0. The SMILES string of the molecule is CC(=O)CCC[C@H](C)[C@@H](O)[C@@H]1O[C@@](C)(CCC(=O)O)[C@H](O)C[C@H]1C(=O)O. The topological polar surface area (TPSA) is 141 Å². The minimum absolute atomic E-state index is 0.0117. The van der Waals surface area contributed by atoms with E-state index in [1.54, 1.807) is 13.8 Å². The van der Waals surface area contributed by atoms with E-state index in [1.807, 2.05) is 0 Å². The molecule has 6 atom stereocenters. The van der Waals surface area contributed by atoms with Gasteiger partial charge in [0.1, 0.15) is 5.78 Å². The molecule has 0 aromatic carbocycles. The molecule has 1 heterocycles. The normalized spacial score (nSPS) is 31.2. The number of hydrogen-bond acceptors (Lipinski definition) is 6. The average Bonchev–Trinajstić information content (AvgIpc) is 2.54. The molecule has 8 nitrogen and oxygen atoms in total. The van der Waals surface area contributed by atoms with Crippen LogP contribution in [-0.4, -0.2) is 62.1 Å². The smallest absolute Gasteiger partial charge is 0.309 e. The Balaban J connectivity index is 2.89. The number of aliphatic hydroxyl groups is 2. The quantitative estimate of drug-likeness (QED) is 0.447. The van der Waals surface area contributed by atoms with Crippen LogP contribution in [0.4, 0.5) is 0 Å². The van der Waals surface area contributed by atoms with Gasteiger partial charge in [-0.25, -0.2) is 0 Å². The molecule has 0 saturated carbocycles. The largest absolute Gasteiger partial charge is 0.481 e. The molecular weight excluding hydrogens is 344 g/mol. The number of carboxylic acids is 2. The number of carboxylic acid groups (broad SMARTS) is 2. The maximum Gasteiger partial charge on any atom is 0.309 e. The van der Waals surface area contributed by atoms with E-state index in [2.05, 4.69) is 0 Å². The van der Waals surface area contributed by atoms with Crippen LogP contribution in [0.2, 0.25) is 0 Å². The van der Waals surface area contributed by atoms with Crippen molar-refractivity contribution in [3.63, 3.8) is 0 Å². The molecule has 4 N–H and O–H groups in total. The zero-order valence-corrected chi connectivity index (χ0v) is 15.6. The lowest BCUT2D eigenvalue weighted by Crippen LogP contribution is -2.58. The molecule has 0 bridgehead atoms. The third kappa shape index (κ3) is 6.03. The number of ether oxygens (including phenoxy) is 1. The summed E-state index contributed by atoms with van der Waals surface area (Å²) in [5.74, 6) is -3.57. The zero-order valence-electron chi connectivity index (χ0n) is 15.6. The van der Waals surface area contributed by atoms with Gasteiger partial charge in [-0.2, -0.15) is 0 Å². The average molecular weight is 374 g/mol. The first-order chi connectivity index (χ1) is 12.0. The Labute approximate surface area is 153 Å². The standard InChI is InChI=1S/C18H30O8/c1-10(5-4-6-11(2)19)15(23)16-12(17(24)25)9-13(20)18(3,26-16)8-7-14(21)22/h10,12-13,15-16,20,23H,4-9H2,1-3H3,(H,21,22)(H,24,25)/t10-,12+,13+,15+,16+,18-/m0/s1. The van der Waals surface area contributed by atoms with E-state index < -0.39 is 41.8 Å². The van der Waals surface area contributed by atoms with E-state index in [0.717, 1.165) is 0 Å². The second-order valence-corrected chi connectivity index (χ2v) is 7.55. The van der Waals surface area contributed by atoms with Crippen LogP contribution in [0.3, 0.4) is 0 Å². The Morgan fingerprint density at radius 2 is 1.85 bits per heavy atom. The molecular formula is C18H30O8. The van der Waals surface area contributed by atoms with Crippen LogP contribution in [0.25, 0.3) is 0 Å². The van der Waals surface area contributed by atoms with Gasteiger partial charge in [0.2, 0.25) is 0 Å². The summed E-state index contributed by atoms with van der Waals surface area (Å²) in [4.78, 5) is 33.5. The number of hydrogen-bond donors (Lipinski definition) is 4. The van der Waals surface area contributed by atoms with Gasteiger partial charge in [-0.1, -0.05) is 6.92 Å². The highest BCUT2D eigenvalue weighted by Gasteiger charge is 2.50. The van der Waals surface area contributed by atoms with E-state index >= 15 is 0 Å². The van der Waals surface area contributed by atoms with Crippen LogP contribution in [-0.2, 0) is 19.1 Å². The highest BCUT2D eigenvalue weighted by atomic mass is 16.5. The number of carbonyl (C=O) groups is 3. The first kappa shape index (κ1) is 22.5. The molecule has 0 unspecified atom stereocenters. The van der Waals surface area contributed by atoms with Crippen molar-refractivity contribution in [2.75, 3.05) is 0 Å². The first-order valence-electron chi connectivity index (χ1n) is 8.96. The molecule has 1 aliphatic rings. The van der Waals surface area contributed by atoms with Gasteiger partial charge < -0.3 is 30.0 Å². The highest BCUT2D eigenvalue weighted by molar-refractivity contribution is 5.75. The Morgan fingerprint density at radius 3 is 2.35 bits per heavy atom. The van der Waals surface area contributed by atoms with Gasteiger partial charge >= 0.3 is 11.9 Å². The molecule has 1 fully saturated rings. The second-order valence-electron chi connectivity index (χ2n) is 7.55. The number of ketones is 1. The molecule has 1 rings (SSSR count). The van der Waals surface area contributed by atoms with E-state index in [0.29, 0.717) is 19.3 Å². The minimum Gasteiger partial charge on any atom is -0.481 e. The summed E-state index contributed by atoms with van der Waals surface area (Å²) >= 11 is 0. The van der Waals surface area contributed by atoms with E-state index in [4.69, 9.17) is 9.84 Å². The fourth-order valence-corrected chi connectivity index (χ4v) is 3.39. The lowest BCUT2D eigenvalue weighted by atomic mass is 9.77. The Hall–Kier alpha value is -1.51. The Morgan fingerprint density at radius 1 is 1.23 bits per heavy atom. The van der Waals surface area contributed by atoms with Crippen molar-refractivity contribution in [3.8, 4) is 0 Å². The summed E-state index contributed by atoms with van der Waals surface area (Å²) in [5, 5.41) is 39.3. The maximum absolute atomic E-state index is 11.6. The van der Waals surface area contributed by atoms with Crippen LogP contribution in [0, 0.1) is 11.8 Å². The summed E-state index contributed by atoms with van der Waals surface area (Å²) in [5.41, 5.74) is -1.24. The van der Waals surface area contributed by atoms with Crippen LogP contribution in [0.15, 0.2) is 0 Å². The molecule has 0 aliphatic carbocycles. The van der Waals surface area contributed by atoms with E-state index in [9.17, 15) is 29.7 Å². The van der Waals surface area contributed by atoms with Crippen LogP contribution >= 0.6 is 0 Å². The number of aliphatic hydroxyl groups excluding tert-OH is 2. The molecule has 0 spiro atoms. The minimum atomic E-state index is -1.24. The first-order valence-corrected chi connectivity index (χ1v) is 8.96. The molecule has 150 valence electrons. The Kier molecular flexibility index (Phi) is 8.17. The number of rotatable bonds is 10. The fourth-order valence-electron chi connectivity index (χ4n) is 3.39. The van der Waals surface area contributed by atoms with E-state index in [-0.39, 0.29) is 31.0 Å². The summed E-state index contributed by atoms with van der Waals surface area (Å²) < 4.78 is 5.81. The molecule has 1 aliphatic heterocycles. The molecule has 0 radical (unpaired) electrons. The van der Waals surface area contributed by atoms with Crippen molar-refractivity contribution in [1.29, 1.82) is 0 Å².